The summed E-state index contributed by atoms with van der Waals surface area (Å²) in [6, 6.07) is 0. The molecule has 17 heavy (non-hydrogen) atoms. The minimum Gasteiger partial charge on any atom is -0.286 e. The van der Waals surface area contributed by atoms with E-state index < -0.39 is 31.1 Å². The zero-order chi connectivity index (χ0) is 13.3. The minimum absolute atomic E-state index is 0.0948. The van der Waals surface area contributed by atoms with E-state index in [-0.39, 0.29) is 24.7 Å². The molecule has 0 aromatic heterocycles. The highest BCUT2D eigenvalue weighted by atomic mass is 32.2. The second-order valence-corrected chi connectivity index (χ2v) is 7.20. The van der Waals surface area contributed by atoms with Crippen LogP contribution in [0.5, 0.6) is 0 Å². The van der Waals surface area contributed by atoms with Gasteiger partial charge in [-0.1, -0.05) is 0 Å². The topological polar surface area (TPSA) is 126 Å². The van der Waals surface area contributed by atoms with E-state index in [2.05, 4.69) is 0 Å². The number of hydrogen-bond acceptors (Lipinski definition) is 5. The fraction of sp³-hybridized carbons (Fsp3) is 0.875. The van der Waals surface area contributed by atoms with Gasteiger partial charge in [-0.3, -0.25) is 13.9 Å². The van der Waals surface area contributed by atoms with Gasteiger partial charge in [0.15, 0.2) is 0 Å². The molecule has 9 heteroatoms. The summed E-state index contributed by atoms with van der Waals surface area (Å²) in [5.74, 6) is -0.720. The Morgan fingerprint density at radius 3 is 1.94 bits per heavy atom. The summed E-state index contributed by atoms with van der Waals surface area (Å²) in [6.07, 6.45) is 1.22. The summed E-state index contributed by atoms with van der Waals surface area (Å²) in [7, 11) is -8.68. The van der Waals surface area contributed by atoms with Crippen LogP contribution in [0.4, 0.5) is 0 Å². The van der Waals surface area contributed by atoms with E-state index in [9.17, 15) is 21.6 Å². The van der Waals surface area contributed by atoms with Crippen LogP contribution in [0.1, 0.15) is 25.7 Å². The van der Waals surface area contributed by atoms with Crippen LogP contribution in [0.25, 0.3) is 0 Å². The zero-order valence-electron chi connectivity index (χ0n) is 8.94. The SMILES string of the molecule is O=C(CC1CCC1CCS(=O)(=O)O)S(=O)(=O)O. The van der Waals surface area contributed by atoms with Crippen LogP contribution < -0.4 is 0 Å². The minimum atomic E-state index is -4.65. The lowest BCUT2D eigenvalue weighted by atomic mass is 9.71. The van der Waals surface area contributed by atoms with E-state index >= 15 is 0 Å². The summed E-state index contributed by atoms with van der Waals surface area (Å²) in [6.45, 7) is 0. The molecule has 0 saturated heterocycles. The van der Waals surface area contributed by atoms with Crippen LogP contribution in [0, 0.1) is 11.8 Å². The van der Waals surface area contributed by atoms with Gasteiger partial charge in [-0.25, -0.2) is 0 Å². The van der Waals surface area contributed by atoms with Crippen molar-refractivity contribution in [3.8, 4) is 0 Å². The summed E-state index contributed by atoms with van der Waals surface area (Å²) in [4.78, 5) is 11.0. The monoisotopic (exact) mass is 286 g/mol. The number of rotatable bonds is 5. The van der Waals surface area contributed by atoms with Gasteiger partial charge in [-0.15, -0.1) is 0 Å². The van der Waals surface area contributed by atoms with Crippen LogP contribution in [0.2, 0.25) is 0 Å². The molecule has 0 aliphatic heterocycles. The number of carbonyl (C=O) groups excluding carboxylic acids is 1. The molecular formula is C8H14O7S2. The molecule has 0 amide bonds. The molecule has 1 fully saturated rings. The van der Waals surface area contributed by atoms with Crippen LogP contribution in [-0.2, 0) is 25.0 Å². The zero-order valence-corrected chi connectivity index (χ0v) is 10.6. The second kappa shape index (κ2) is 5.01. The van der Waals surface area contributed by atoms with Crippen molar-refractivity contribution in [3.63, 3.8) is 0 Å². The molecule has 1 aliphatic rings. The molecule has 0 heterocycles. The molecule has 100 valence electrons. The highest BCUT2D eigenvalue weighted by molar-refractivity contribution is 8.01. The van der Waals surface area contributed by atoms with Gasteiger partial charge in [-0.05, 0) is 31.1 Å². The molecule has 0 bridgehead atoms. The van der Waals surface area contributed by atoms with Crippen molar-refractivity contribution < 1.29 is 30.7 Å². The summed E-state index contributed by atoms with van der Waals surface area (Å²) in [5, 5.41) is -1.24. The van der Waals surface area contributed by atoms with E-state index in [4.69, 9.17) is 9.11 Å². The number of carbonyl (C=O) groups is 1. The van der Waals surface area contributed by atoms with E-state index in [1.807, 2.05) is 0 Å². The van der Waals surface area contributed by atoms with Crippen molar-refractivity contribution >= 4 is 25.4 Å². The Morgan fingerprint density at radius 2 is 1.59 bits per heavy atom. The van der Waals surface area contributed by atoms with Crippen LogP contribution in [0.3, 0.4) is 0 Å². The Morgan fingerprint density at radius 1 is 1.06 bits per heavy atom. The van der Waals surface area contributed by atoms with E-state index in [0.29, 0.717) is 12.8 Å². The normalized spacial score (nSPS) is 25.3. The Labute approximate surface area is 99.7 Å². The van der Waals surface area contributed by atoms with Gasteiger partial charge in [0.05, 0.1) is 5.75 Å². The standard InChI is InChI=1S/C8H14O7S2/c9-8(17(13,14)15)5-7-2-1-6(7)3-4-16(10,11)12/h6-7H,1-5H2,(H,10,11,12)(H,13,14,15). The second-order valence-electron chi connectivity index (χ2n) is 4.22. The van der Waals surface area contributed by atoms with E-state index in [1.165, 1.54) is 0 Å². The Bertz CT molecular complexity index is 490. The lowest BCUT2D eigenvalue weighted by Gasteiger charge is -2.35. The highest BCUT2D eigenvalue weighted by Crippen LogP contribution is 2.39. The molecule has 0 radical (unpaired) electrons. The molecule has 2 unspecified atom stereocenters. The van der Waals surface area contributed by atoms with Crippen molar-refractivity contribution in [1.29, 1.82) is 0 Å². The summed E-state index contributed by atoms with van der Waals surface area (Å²) in [5.41, 5.74) is 0. The third kappa shape index (κ3) is 4.70. The average molecular weight is 286 g/mol. The predicted octanol–water partition coefficient (Wildman–Crippen LogP) is 0.0950. The largest absolute Gasteiger partial charge is 0.328 e. The first kappa shape index (κ1) is 14.6. The molecule has 1 aliphatic carbocycles. The molecule has 1 rings (SSSR count). The first-order valence-corrected chi connectivity index (χ1v) is 8.10. The van der Waals surface area contributed by atoms with Gasteiger partial charge < -0.3 is 0 Å². The van der Waals surface area contributed by atoms with Crippen LogP contribution in [-0.4, -0.2) is 36.8 Å². The van der Waals surface area contributed by atoms with Crippen molar-refractivity contribution in [2.75, 3.05) is 5.75 Å². The van der Waals surface area contributed by atoms with Crippen LogP contribution in [0.15, 0.2) is 0 Å². The lowest BCUT2D eigenvalue weighted by Crippen LogP contribution is -2.31. The summed E-state index contributed by atoms with van der Waals surface area (Å²) < 4.78 is 59.1. The van der Waals surface area contributed by atoms with E-state index in [1.54, 1.807) is 0 Å². The fourth-order valence-corrected chi connectivity index (χ4v) is 2.93. The van der Waals surface area contributed by atoms with Gasteiger partial charge in [0, 0.05) is 6.42 Å². The van der Waals surface area contributed by atoms with Crippen molar-refractivity contribution in [3.05, 3.63) is 0 Å². The predicted molar refractivity (Wildman–Crippen MR) is 58.4 cm³/mol. The third-order valence-electron chi connectivity index (χ3n) is 3.04. The first-order valence-electron chi connectivity index (χ1n) is 5.05. The Balaban J connectivity index is 2.45. The van der Waals surface area contributed by atoms with Gasteiger partial charge >= 0.3 is 10.1 Å². The molecule has 0 spiro atoms. The molecule has 2 atom stereocenters. The quantitative estimate of drug-likeness (QED) is 0.686. The third-order valence-corrected chi connectivity index (χ3v) is 4.53. The maximum absolute atomic E-state index is 11.0. The fourth-order valence-electron chi connectivity index (χ4n) is 1.91. The first-order chi connectivity index (χ1) is 7.59. The van der Waals surface area contributed by atoms with Crippen molar-refractivity contribution in [1.82, 2.24) is 0 Å². The average Bonchev–Trinajstić information content (AvgIpc) is 2.08. The van der Waals surface area contributed by atoms with Gasteiger partial charge in [0.25, 0.3) is 15.2 Å². The van der Waals surface area contributed by atoms with Gasteiger partial charge in [0.2, 0.25) is 0 Å². The molecule has 7 nitrogen and oxygen atoms in total. The molecular weight excluding hydrogens is 272 g/mol. The van der Waals surface area contributed by atoms with Crippen LogP contribution >= 0.6 is 0 Å². The molecule has 0 aromatic rings. The smallest absolute Gasteiger partial charge is 0.286 e. The van der Waals surface area contributed by atoms with Crippen molar-refractivity contribution in [2.24, 2.45) is 11.8 Å². The lowest BCUT2D eigenvalue weighted by molar-refractivity contribution is -0.114. The number of hydrogen-bond donors (Lipinski definition) is 2. The van der Waals surface area contributed by atoms with E-state index in [0.717, 1.165) is 0 Å². The molecule has 1 saturated carbocycles. The highest BCUT2D eigenvalue weighted by Gasteiger charge is 2.35. The molecule has 2 N–H and O–H groups in total. The maximum atomic E-state index is 11.0. The Kier molecular flexibility index (Phi) is 4.28. The summed E-state index contributed by atoms with van der Waals surface area (Å²) >= 11 is 0. The maximum Gasteiger partial charge on any atom is 0.328 e. The Hall–Kier alpha value is -0.510. The van der Waals surface area contributed by atoms with Crippen molar-refractivity contribution in [2.45, 2.75) is 25.7 Å². The van der Waals surface area contributed by atoms with Gasteiger partial charge in [-0.2, -0.15) is 16.8 Å². The van der Waals surface area contributed by atoms with Gasteiger partial charge in [0.1, 0.15) is 0 Å². The molecule has 0 aromatic carbocycles.